The van der Waals surface area contributed by atoms with Gasteiger partial charge < -0.3 is 9.72 Å². The quantitative estimate of drug-likeness (QED) is 0.677. The van der Waals surface area contributed by atoms with Crippen molar-refractivity contribution in [1.29, 1.82) is 0 Å². The van der Waals surface area contributed by atoms with E-state index in [2.05, 4.69) is 30.1 Å². The van der Waals surface area contributed by atoms with E-state index in [1.807, 2.05) is 42.6 Å². The largest absolute Gasteiger partial charge is 0.497 e. The van der Waals surface area contributed by atoms with Gasteiger partial charge in [0.25, 0.3) is 0 Å². The Hall–Kier alpha value is -2.22. The molecule has 92 valence electrons. The average molecular weight is 239 g/mol. The fourth-order valence-electron chi connectivity index (χ4n) is 1.67. The van der Waals surface area contributed by atoms with Gasteiger partial charge in [0.2, 0.25) is 0 Å². The van der Waals surface area contributed by atoms with E-state index in [4.69, 9.17) is 4.74 Å². The summed E-state index contributed by atoms with van der Waals surface area (Å²) in [5.74, 6) is 0.917. The van der Waals surface area contributed by atoms with Crippen LogP contribution < -0.4 is 4.74 Å². The molecule has 2 nitrogen and oxygen atoms in total. The van der Waals surface area contributed by atoms with Gasteiger partial charge in [0.05, 0.1) is 7.11 Å². The minimum atomic E-state index is 0.917. The molecule has 0 amide bonds. The second-order valence-electron chi connectivity index (χ2n) is 4.08. The van der Waals surface area contributed by atoms with Crippen molar-refractivity contribution >= 4 is 10.9 Å². The van der Waals surface area contributed by atoms with Gasteiger partial charge in [0.1, 0.15) is 5.75 Å². The van der Waals surface area contributed by atoms with Gasteiger partial charge in [-0.3, -0.25) is 0 Å². The summed E-state index contributed by atoms with van der Waals surface area (Å²) < 4.78 is 4.97. The number of aromatic nitrogens is 1. The number of benzene rings is 2. The lowest BCUT2D eigenvalue weighted by Gasteiger charge is -1.97. The monoisotopic (exact) mass is 239 g/mol. The summed E-state index contributed by atoms with van der Waals surface area (Å²) in [7, 11) is 1.67. The summed E-state index contributed by atoms with van der Waals surface area (Å²) in [5, 5.41) is 1.28. The zero-order valence-corrected chi connectivity index (χ0v) is 10.7. The van der Waals surface area contributed by atoms with Crippen LogP contribution in [0.2, 0.25) is 0 Å². The van der Waals surface area contributed by atoms with Crippen LogP contribution >= 0.6 is 0 Å². The second-order valence-corrected chi connectivity index (χ2v) is 4.08. The molecule has 0 bridgehead atoms. The molecule has 0 aliphatic carbocycles. The van der Waals surface area contributed by atoms with Crippen LogP contribution in [0.25, 0.3) is 10.9 Å². The molecule has 0 aliphatic heterocycles. The van der Waals surface area contributed by atoms with E-state index >= 15 is 0 Å². The van der Waals surface area contributed by atoms with Crippen molar-refractivity contribution in [2.75, 3.05) is 7.11 Å². The Kier molecular flexibility index (Phi) is 4.02. The van der Waals surface area contributed by atoms with Gasteiger partial charge in [0.15, 0.2) is 0 Å². The first-order chi connectivity index (χ1) is 8.79. The molecule has 0 unspecified atom stereocenters. The molecular formula is C16H17NO. The smallest absolute Gasteiger partial charge is 0.118 e. The van der Waals surface area contributed by atoms with Gasteiger partial charge >= 0.3 is 0 Å². The predicted octanol–water partition coefficient (Wildman–Crippen LogP) is 4.17. The van der Waals surface area contributed by atoms with Crippen molar-refractivity contribution in [1.82, 2.24) is 4.98 Å². The molecule has 0 atom stereocenters. The summed E-state index contributed by atoms with van der Waals surface area (Å²) >= 11 is 0. The lowest BCUT2D eigenvalue weighted by molar-refractivity contribution is 0.414. The van der Waals surface area contributed by atoms with E-state index in [-0.39, 0.29) is 0 Å². The molecule has 1 N–H and O–H groups in total. The molecule has 0 saturated carbocycles. The van der Waals surface area contributed by atoms with E-state index < -0.39 is 0 Å². The highest BCUT2D eigenvalue weighted by Gasteiger charge is 1.87. The van der Waals surface area contributed by atoms with Gasteiger partial charge in [-0.15, -0.1) is 0 Å². The van der Waals surface area contributed by atoms with Crippen LogP contribution in [0.5, 0.6) is 5.75 Å². The number of fused-ring (bicyclic) bond motifs is 1. The van der Waals surface area contributed by atoms with E-state index in [0.29, 0.717) is 0 Å². The maximum atomic E-state index is 4.97. The Bertz CT molecular complexity index is 566. The molecule has 3 rings (SSSR count). The van der Waals surface area contributed by atoms with E-state index in [1.54, 1.807) is 7.11 Å². The molecule has 0 saturated heterocycles. The highest BCUT2D eigenvalue weighted by Crippen LogP contribution is 2.10. The predicted molar refractivity (Wildman–Crippen MR) is 76.0 cm³/mol. The Balaban J connectivity index is 0.000000134. The molecule has 0 radical (unpaired) electrons. The highest BCUT2D eigenvalue weighted by atomic mass is 16.5. The molecule has 0 aliphatic rings. The number of aryl methyl sites for hydroxylation is 1. The molecule has 1 heterocycles. The van der Waals surface area contributed by atoms with Crippen molar-refractivity contribution in [2.45, 2.75) is 6.92 Å². The minimum absolute atomic E-state index is 0.917. The number of hydrogen-bond donors (Lipinski definition) is 1. The van der Waals surface area contributed by atoms with Crippen LogP contribution in [0.3, 0.4) is 0 Å². The molecule has 1 aromatic heterocycles. The third-order valence-corrected chi connectivity index (χ3v) is 2.72. The van der Waals surface area contributed by atoms with Gasteiger partial charge in [-0.25, -0.2) is 0 Å². The molecule has 0 fully saturated rings. The highest BCUT2D eigenvalue weighted by molar-refractivity contribution is 5.78. The number of methoxy groups -OCH3 is 1. The zero-order chi connectivity index (χ0) is 12.8. The molecule has 0 spiro atoms. The maximum Gasteiger partial charge on any atom is 0.118 e. The summed E-state index contributed by atoms with van der Waals surface area (Å²) in [4.78, 5) is 3.12. The number of aromatic amines is 1. The number of hydrogen-bond acceptors (Lipinski definition) is 1. The van der Waals surface area contributed by atoms with Crippen LogP contribution in [0.15, 0.2) is 60.8 Å². The molecule has 18 heavy (non-hydrogen) atoms. The van der Waals surface area contributed by atoms with Gasteiger partial charge in [0, 0.05) is 11.7 Å². The second kappa shape index (κ2) is 5.92. The fraction of sp³-hybridized carbons (Fsp3) is 0.125. The van der Waals surface area contributed by atoms with Crippen LogP contribution in [0.1, 0.15) is 5.56 Å². The first kappa shape index (κ1) is 12.2. The first-order valence-electron chi connectivity index (χ1n) is 5.92. The minimum Gasteiger partial charge on any atom is -0.497 e. The topological polar surface area (TPSA) is 25.0 Å². The summed E-state index contributed by atoms with van der Waals surface area (Å²) in [6.45, 7) is 2.06. The third-order valence-electron chi connectivity index (χ3n) is 2.72. The third kappa shape index (κ3) is 3.14. The molecule has 2 aromatic carbocycles. The first-order valence-corrected chi connectivity index (χ1v) is 5.92. The number of nitrogens with one attached hydrogen (secondary N) is 1. The van der Waals surface area contributed by atoms with Crippen molar-refractivity contribution in [2.24, 2.45) is 0 Å². The van der Waals surface area contributed by atoms with Crippen molar-refractivity contribution in [3.05, 3.63) is 66.4 Å². The number of para-hydroxylation sites is 1. The van der Waals surface area contributed by atoms with Crippen molar-refractivity contribution in [3.63, 3.8) is 0 Å². The number of H-pyrrole nitrogens is 1. The zero-order valence-electron chi connectivity index (χ0n) is 10.7. The summed E-state index contributed by atoms with van der Waals surface area (Å²) in [6.07, 6.45) is 1.95. The Morgan fingerprint density at radius 1 is 0.889 bits per heavy atom. The lowest BCUT2D eigenvalue weighted by atomic mass is 10.2. The lowest BCUT2D eigenvalue weighted by Crippen LogP contribution is -1.80. The number of rotatable bonds is 1. The van der Waals surface area contributed by atoms with Crippen LogP contribution in [0.4, 0.5) is 0 Å². The van der Waals surface area contributed by atoms with Crippen LogP contribution in [-0.4, -0.2) is 12.1 Å². The van der Waals surface area contributed by atoms with Gasteiger partial charge in [-0.1, -0.05) is 35.9 Å². The van der Waals surface area contributed by atoms with Crippen LogP contribution in [-0.2, 0) is 0 Å². The number of ether oxygens (including phenoxy) is 1. The van der Waals surface area contributed by atoms with Crippen molar-refractivity contribution in [3.8, 4) is 5.75 Å². The summed E-state index contributed by atoms with van der Waals surface area (Å²) in [5.41, 5.74) is 2.47. The summed E-state index contributed by atoms with van der Waals surface area (Å²) in [6, 6.07) is 18.2. The molecule has 2 heteroatoms. The normalized spacial score (nSPS) is 9.67. The Labute approximate surface area is 107 Å². The van der Waals surface area contributed by atoms with E-state index in [1.165, 1.54) is 16.5 Å². The Morgan fingerprint density at radius 3 is 2.28 bits per heavy atom. The Morgan fingerprint density at radius 2 is 1.61 bits per heavy atom. The average Bonchev–Trinajstić information content (AvgIpc) is 2.89. The van der Waals surface area contributed by atoms with E-state index in [9.17, 15) is 0 Å². The SMILES string of the molecule is COc1ccc(C)cc1.c1ccc2[nH]ccc2c1. The maximum absolute atomic E-state index is 4.97. The van der Waals surface area contributed by atoms with Gasteiger partial charge in [-0.2, -0.15) is 0 Å². The van der Waals surface area contributed by atoms with Gasteiger partial charge in [-0.05, 0) is 36.6 Å². The van der Waals surface area contributed by atoms with Crippen LogP contribution in [0, 0.1) is 6.92 Å². The van der Waals surface area contributed by atoms with Crippen molar-refractivity contribution < 1.29 is 4.74 Å². The molecule has 3 aromatic rings. The molecular weight excluding hydrogens is 222 g/mol. The van der Waals surface area contributed by atoms with E-state index in [0.717, 1.165) is 5.75 Å². The standard InChI is InChI=1S/C8H7N.C8H10O/c1-2-4-8-7(3-1)5-6-9-8;1-7-3-5-8(9-2)6-4-7/h1-6,9H;3-6H,1-2H3. The fourth-order valence-corrected chi connectivity index (χ4v) is 1.67.